The number of hydrogen-bond donors (Lipinski definition) is 2. The zero-order valence-electron chi connectivity index (χ0n) is 10.4. The highest BCUT2D eigenvalue weighted by Crippen LogP contribution is 2.10. The number of aromatic nitrogens is 2. The normalized spacial score (nSPS) is 10.2. The molecule has 0 aliphatic carbocycles. The van der Waals surface area contributed by atoms with Crippen LogP contribution in [0.15, 0.2) is 36.7 Å². The Balaban J connectivity index is 1.95. The van der Waals surface area contributed by atoms with E-state index in [4.69, 9.17) is 5.11 Å². The maximum absolute atomic E-state index is 11.7. The van der Waals surface area contributed by atoms with E-state index < -0.39 is 4.92 Å². The third kappa shape index (κ3) is 3.39. The zero-order chi connectivity index (χ0) is 14.5. The van der Waals surface area contributed by atoms with E-state index in [0.717, 1.165) is 11.8 Å². The number of nitrogens with zero attached hydrogens (tertiary/aromatic N) is 3. The Kier molecular flexibility index (Phi) is 4.06. The second kappa shape index (κ2) is 5.93. The van der Waals surface area contributed by atoms with E-state index in [0.29, 0.717) is 5.69 Å². The summed E-state index contributed by atoms with van der Waals surface area (Å²) < 4.78 is 1.19. The first-order chi connectivity index (χ1) is 9.58. The van der Waals surface area contributed by atoms with Crippen molar-refractivity contribution >= 4 is 17.3 Å². The number of aliphatic hydroxyl groups excluding tert-OH is 1. The summed E-state index contributed by atoms with van der Waals surface area (Å²) in [6.07, 6.45) is 2.28. The molecule has 1 aromatic carbocycles. The van der Waals surface area contributed by atoms with Gasteiger partial charge in [-0.1, -0.05) is 12.1 Å². The van der Waals surface area contributed by atoms with Gasteiger partial charge < -0.3 is 10.4 Å². The summed E-state index contributed by atoms with van der Waals surface area (Å²) in [4.78, 5) is 21.6. The molecule has 0 aliphatic rings. The van der Waals surface area contributed by atoms with Crippen molar-refractivity contribution < 1.29 is 14.8 Å². The van der Waals surface area contributed by atoms with Gasteiger partial charge in [0.15, 0.2) is 0 Å². The van der Waals surface area contributed by atoms with Gasteiger partial charge in [-0.2, -0.15) is 5.10 Å². The molecule has 1 heterocycles. The molecular formula is C12H12N4O4. The van der Waals surface area contributed by atoms with Gasteiger partial charge in [-0.15, -0.1) is 0 Å². The van der Waals surface area contributed by atoms with Crippen LogP contribution in [-0.2, 0) is 17.9 Å². The fourth-order valence-corrected chi connectivity index (χ4v) is 1.57. The van der Waals surface area contributed by atoms with Gasteiger partial charge in [-0.3, -0.25) is 19.6 Å². The summed E-state index contributed by atoms with van der Waals surface area (Å²) in [5.41, 5.74) is 1.16. The van der Waals surface area contributed by atoms with Crippen molar-refractivity contribution in [3.05, 3.63) is 52.3 Å². The summed E-state index contributed by atoms with van der Waals surface area (Å²) >= 11 is 0. The zero-order valence-corrected chi connectivity index (χ0v) is 10.4. The molecule has 2 rings (SSSR count). The number of amides is 1. The number of rotatable bonds is 5. The minimum atomic E-state index is -0.574. The molecular weight excluding hydrogens is 264 g/mol. The predicted octanol–water partition coefficient (Wildman–Crippen LogP) is 0.922. The molecule has 0 unspecified atom stereocenters. The topological polar surface area (TPSA) is 110 Å². The monoisotopic (exact) mass is 276 g/mol. The Morgan fingerprint density at radius 3 is 2.65 bits per heavy atom. The van der Waals surface area contributed by atoms with Crippen LogP contribution >= 0.6 is 0 Å². The lowest BCUT2D eigenvalue weighted by molar-refractivity contribution is -0.385. The van der Waals surface area contributed by atoms with Gasteiger partial charge in [0, 0.05) is 5.69 Å². The average Bonchev–Trinajstić information content (AvgIpc) is 2.88. The van der Waals surface area contributed by atoms with Crippen LogP contribution in [-0.4, -0.2) is 25.7 Å². The second-order valence-corrected chi connectivity index (χ2v) is 4.06. The first-order valence-corrected chi connectivity index (χ1v) is 5.75. The number of nitrogens with one attached hydrogen (secondary N) is 1. The number of hydrogen-bond acceptors (Lipinski definition) is 5. The third-order valence-electron chi connectivity index (χ3n) is 2.56. The first kappa shape index (κ1) is 13.7. The van der Waals surface area contributed by atoms with Crippen LogP contribution in [0.3, 0.4) is 0 Å². The van der Waals surface area contributed by atoms with E-state index in [2.05, 4.69) is 10.4 Å². The van der Waals surface area contributed by atoms with E-state index in [9.17, 15) is 14.9 Å². The van der Waals surface area contributed by atoms with Crippen molar-refractivity contribution in [2.24, 2.45) is 0 Å². The number of benzene rings is 1. The Bertz CT molecular complexity index is 621. The summed E-state index contributed by atoms with van der Waals surface area (Å²) in [5.74, 6) is -0.347. The molecule has 8 heteroatoms. The number of carbonyl (C=O) groups excluding carboxylic acids is 1. The smallest absolute Gasteiger partial charge is 0.307 e. The van der Waals surface area contributed by atoms with Crippen LogP contribution in [0.25, 0.3) is 0 Å². The molecule has 0 atom stereocenters. The van der Waals surface area contributed by atoms with Crippen LogP contribution in [0.4, 0.5) is 11.4 Å². The van der Waals surface area contributed by atoms with Crippen molar-refractivity contribution in [3.8, 4) is 0 Å². The Hall–Kier alpha value is -2.74. The minimum absolute atomic E-state index is 0.0643. The van der Waals surface area contributed by atoms with Gasteiger partial charge in [0.25, 0.3) is 0 Å². The summed E-state index contributed by atoms with van der Waals surface area (Å²) in [6.45, 7) is -0.180. The fourth-order valence-electron chi connectivity index (χ4n) is 1.57. The summed E-state index contributed by atoms with van der Waals surface area (Å²) in [6, 6.07) is 6.70. The quantitative estimate of drug-likeness (QED) is 0.623. The van der Waals surface area contributed by atoms with E-state index >= 15 is 0 Å². The molecule has 8 nitrogen and oxygen atoms in total. The molecule has 0 saturated heterocycles. The highest BCUT2D eigenvalue weighted by atomic mass is 16.6. The summed E-state index contributed by atoms with van der Waals surface area (Å²) in [5, 5.41) is 25.7. The average molecular weight is 276 g/mol. The van der Waals surface area contributed by atoms with Gasteiger partial charge in [0.1, 0.15) is 18.9 Å². The van der Waals surface area contributed by atoms with Gasteiger partial charge in [0.05, 0.1) is 11.5 Å². The Morgan fingerprint density at radius 1 is 1.40 bits per heavy atom. The van der Waals surface area contributed by atoms with Crippen molar-refractivity contribution in [2.45, 2.75) is 13.2 Å². The molecule has 0 spiro atoms. The van der Waals surface area contributed by atoms with Crippen molar-refractivity contribution in [1.82, 2.24) is 9.78 Å². The van der Waals surface area contributed by atoms with Crippen LogP contribution in [0.1, 0.15) is 5.56 Å². The van der Waals surface area contributed by atoms with Crippen molar-refractivity contribution in [3.63, 3.8) is 0 Å². The number of anilines is 1. The van der Waals surface area contributed by atoms with Crippen LogP contribution in [0.5, 0.6) is 0 Å². The molecule has 0 fully saturated rings. The molecule has 2 aromatic rings. The van der Waals surface area contributed by atoms with Crippen LogP contribution in [0.2, 0.25) is 0 Å². The molecule has 1 aromatic heterocycles. The van der Waals surface area contributed by atoms with E-state index in [1.807, 2.05) is 0 Å². The SMILES string of the molecule is O=C(Cn1cc([N+](=O)[O-])cn1)Nc1ccc(CO)cc1. The van der Waals surface area contributed by atoms with E-state index in [1.54, 1.807) is 24.3 Å². The molecule has 2 N–H and O–H groups in total. The predicted molar refractivity (Wildman–Crippen MR) is 69.9 cm³/mol. The molecule has 1 amide bonds. The molecule has 0 bridgehead atoms. The minimum Gasteiger partial charge on any atom is -0.392 e. The second-order valence-electron chi connectivity index (χ2n) is 4.06. The molecule has 20 heavy (non-hydrogen) atoms. The Morgan fingerprint density at radius 2 is 2.10 bits per heavy atom. The van der Waals surface area contributed by atoms with Gasteiger partial charge in [-0.25, -0.2) is 0 Å². The van der Waals surface area contributed by atoms with Gasteiger partial charge in [0.2, 0.25) is 5.91 Å². The highest BCUT2D eigenvalue weighted by molar-refractivity contribution is 5.90. The number of aliphatic hydroxyl groups is 1. The lowest BCUT2D eigenvalue weighted by atomic mass is 10.2. The molecule has 104 valence electrons. The maximum atomic E-state index is 11.7. The van der Waals surface area contributed by atoms with Crippen molar-refractivity contribution in [2.75, 3.05) is 5.32 Å². The molecule has 0 aliphatic heterocycles. The lowest BCUT2D eigenvalue weighted by Crippen LogP contribution is -2.18. The van der Waals surface area contributed by atoms with E-state index in [1.165, 1.54) is 10.9 Å². The number of carbonyl (C=O) groups is 1. The van der Waals surface area contributed by atoms with Gasteiger partial charge >= 0.3 is 5.69 Å². The lowest BCUT2D eigenvalue weighted by Gasteiger charge is -2.05. The summed E-state index contributed by atoms with van der Waals surface area (Å²) in [7, 11) is 0. The third-order valence-corrected chi connectivity index (χ3v) is 2.56. The fraction of sp³-hybridized carbons (Fsp3) is 0.167. The molecule has 0 radical (unpaired) electrons. The first-order valence-electron chi connectivity index (χ1n) is 5.75. The maximum Gasteiger partial charge on any atom is 0.307 e. The van der Waals surface area contributed by atoms with Gasteiger partial charge in [-0.05, 0) is 17.7 Å². The largest absolute Gasteiger partial charge is 0.392 e. The van der Waals surface area contributed by atoms with Crippen LogP contribution in [0, 0.1) is 10.1 Å². The van der Waals surface area contributed by atoms with E-state index in [-0.39, 0.29) is 24.7 Å². The highest BCUT2D eigenvalue weighted by Gasteiger charge is 2.11. The standard InChI is InChI=1S/C12H12N4O4/c17-8-9-1-3-10(4-2-9)14-12(18)7-15-6-11(5-13-15)16(19)20/h1-6,17H,7-8H2,(H,14,18). The Labute approximate surface area is 113 Å². The van der Waals surface area contributed by atoms with Crippen molar-refractivity contribution in [1.29, 1.82) is 0 Å². The van der Waals surface area contributed by atoms with Crippen LogP contribution < -0.4 is 5.32 Å². The number of nitro groups is 1. The molecule has 0 saturated carbocycles.